The van der Waals surface area contributed by atoms with Crippen LogP contribution in [-0.2, 0) is 0 Å². The van der Waals surface area contributed by atoms with Gasteiger partial charge in [0, 0.05) is 3.58 Å². The molecule has 10 heavy (non-hydrogen) atoms. The number of hydrogen-bond acceptors (Lipinski definition) is 0. The summed E-state index contributed by atoms with van der Waals surface area (Å²) in [6.07, 6.45) is 0. The third-order valence-electron chi connectivity index (χ3n) is 1.15. The molecular formula is C8H6I2. The normalized spacial score (nSPS) is 11.6. The molecule has 0 saturated heterocycles. The van der Waals surface area contributed by atoms with Gasteiger partial charge in [-0.25, -0.2) is 0 Å². The highest BCUT2D eigenvalue weighted by Gasteiger charge is 1.91. The van der Waals surface area contributed by atoms with Crippen molar-refractivity contribution in [1.82, 2.24) is 0 Å². The van der Waals surface area contributed by atoms with Crippen LogP contribution < -0.4 is 0 Å². The topological polar surface area (TPSA) is 0 Å². The Balaban J connectivity index is 2.96. The highest BCUT2D eigenvalue weighted by Crippen LogP contribution is 2.22. The highest BCUT2D eigenvalue weighted by atomic mass is 127. The van der Waals surface area contributed by atoms with E-state index in [1.165, 1.54) is 9.14 Å². The maximum Gasteiger partial charge on any atom is 0.0263 e. The Morgan fingerprint density at radius 1 is 1.20 bits per heavy atom. The molecule has 1 aromatic carbocycles. The number of rotatable bonds is 1. The molecule has 0 aliphatic carbocycles. The summed E-state index contributed by atoms with van der Waals surface area (Å²) >= 11 is 4.57. The van der Waals surface area contributed by atoms with Gasteiger partial charge in [-0.2, -0.15) is 0 Å². The third kappa shape index (κ3) is 2.23. The van der Waals surface area contributed by atoms with Crippen molar-refractivity contribution in [3.8, 4) is 0 Å². The fraction of sp³-hybridized carbons (Fsp3) is 0. The lowest BCUT2D eigenvalue weighted by Crippen LogP contribution is -1.70. The summed E-state index contributed by atoms with van der Waals surface area (Å²) < 4.78 is 3.37. The first-order valence-corrected chi connectivity index (χ1v) is 5.18. The van der Waals surface area contributed by atoms with Crippen molar-refractivity contribution in [3.63, 3.8) is 0 Å². The molecule has 0 amide bonds. The smallest absolute Gasteiger partial charge is 0.0263 e. The van der Waals surface area contributed by atoms with E-state index in [1.807, 2.05) is 18.2 Å². The van der Waals surface area contributed by atoms with Crippen LogP contribution in [0.5, 0.6) is 0 Å². The van der Waals surface area contributed by atoms with Gasteiger partial charge in [0.2, 0.25) is 0 Å². The van der Waals surface area contributed by atoms with Crippen molar-refractivity contribution in [3.05, 3.63) is 40.0 Å². The van der Waals surface area contributed by atoms with Gasteiger partial charge in [0.1, 0.15) is 0 Å². The average Bonchev–Trinajstić information content (AvgIpc) is 2.05. The molecule has 1 aromatic rings. The van der Waals surface area contributed by atoms with Gasteiger partial charge in [-0.1, -0.05) is 52.9 Å². The molecule has 0 spiro atoms. The molecule has 0 heterocycles. The first-order valence-electron chi connectivity index (χ1n) is 2.86. The van der Waals surface area contributed by atoms with Crippen LogP contribution in [0.1, 0.15) is 5.56 Å². The van der Waals surface area contributed by atoms with Crippen LogP contribution in [0.15, 0.2) is 34.4 Å². The average molecular weight is 356 g/mol. The molecule has 2 heteroatoms. The summed E-state index contributed by atoms with van der Waals surface area (Å²) in [5, 5.41) is 0. The molecule has 1 rings (SSSR count). The maximum absolute atomic E-state index is 2.32. The molecule has 0 fully saturated rings. The second-order valence-corrected chi connectivity index (χ2v) is 3.61. The van der Waals surface area contributed by atoms with Crippen LogP contribution in [0, 0.1) is 0 Å². The lowest BCUT2D eigenvalue weighted by atomic mass is 10.2. The van der Waals surface area contributed by atoms with Gasteiger partial charge in [-0.15, -0.1) is 0 Å². The minimum Gasteiger partial charge on any atom is -0.0622 e. The first-order chi connectivity index (χ1) is 4.84. The van der Waals surface area contributed by atoms with Gasteiger partial charge < -0.3 is 0 Å². The standard InChI is InChI=1S/C8H6I2/c9-6-8(10)7-4-2-1-3-5-7/h1-6H. The summed E-state index contributed by atoms with van der Waals surface area (Å²) in [7, 11) is 0. The van der Waals surface area contributed by atoms with Crippen molar-refractivity contribution >= 4 is 48.8 Å². The molecule has 0 aliphatic rings. The summed E-state index contributed by atoms with van der Waals surface area (Å²) in [5.74, 6) is 0. The van der Waals surface area contributed by atoms with Crippen molar-refractivity contribution in [2.24, 2.45) is 0 Å². The van der Waals surface area contributed by atoms with E-state index in [2.05, 4.69) is 61.4 Å². The van der Waals surface area contributed by atoms with E-state index >= 15 is 0 Å². The van der Waals surface area contributed by atoms with Gasteiger partial charge in [0.15, 0.2) is 0 Å². The quantitative estimate of drug-likeness (QED) is 0.671. The van der Waals surface area contributed by atoms with Crippen molar-refractivity contribution in [2.45, 2.75) is 0 Å². The molecule has 0 aromatic heterocycles. The second kappa shape index (κ2) is 4.33. The molecular weight excluding hydrogens is 350 g/mol. The Hall–Kier alpha value is 0.420. The maximum atomic E-state index is 2.32. The minimum absolute atomic E-state index is 1.29. The number of halogens is 2. The fourth-order valence-electron chi connectivity index (χ4n) is 0.660. The summed E-state index contributed by atoms with van der Waals surface area (Å²) in [6, 6.07) is 10.3. The molecule has 0 N–H and O–H groups in total. The Labute approximate surface area is 88.0 Å². The van der Waals surface area contributed by atoms with E-state index < -0.39 is 0 Å². The van der Waals surface area contributed by atoms with Crippen LogP contribution in [0.4, 0.5) is 0 Å². The summed E-state index contributed by atoms with van der Waals surface area (Å²) in [6.45, 7) is 0. The molecule has 0 radical (unpaired) electrons. The zero-order chi connectivity index (χ0) is 7.40. The van der Waals surface area contributed by atoms with E-state index in [-0.39, 0.29) is 0 Å². The molecule has 0 saturated carbocycles. The molecule has 0 atom stereocenters. The highest BCUT2D eigenvalue weighted by molar-refractivity contribution is 14.1. The predicted molar refractivity (Wildman–Crippen MR) is 62.5 cm³/mol. The first kappa shape index (κ1) is 8.52. The minimum atomic E-state index is 1.29. The molecule has 0 nitrogen and oxygen atoms in total. The summed E-state index contributed by atoms with van der Waals surface area (Å²) in [4.78, 5) is 0. The second-order valence-electron chi connectivity index (χ2n) is 1.82. The third-order valence-corrected chi connectivity index (χ3v) is 3.89. The zero-order valence-corrected chi connectivity index (χ0v) is 9.54. The largest absolute Gasteiger partial charge is 0.0622 e. The van der Waals surface area contributed by atoms with E-state index in [0.29, 0.717) is 0 Å². The van der Waals surface area contributed by atoms with Gasteiger partial charge >= 0.3 is 0 Å². The Morgan fingerprint density at radius 2 is 1.80 bits per heavy atom. The molecule has 0 aliphatic heterocycles. The van der Waals surface area contributed by atoms with Gasteiger partial charge in [0.25, 0.3) is 0 Å². The van der Waals surface area contributed by atoms with E-state index in [1.54, 1.807) is 0 Å². The number of benzene rings is 1. The van der Waals surface area contributed by atoms with E-state index in [9.17, 15) is 0 Å². The SMILES string of the molecule is IC=C(I)c1ccccc1. The Bertz CT molecular complexity index is 226. The van der Waals surface area contributed by atoms with Crippen molar-refractivity contribution in [1.29, 1.82) is 0 Å². The van der Waals surface area contributed by atoms with E-state index in [0.717, 1.165) is 0 Å². The van der Waals surface area contributed by atoms with Gasteiger partial charge in [-0.3, -0.25) is 0 Å². The van der Waals surface area contributed by atoms with Crippen LogP contribution in [-0.4, -0.2) is 0 Å². The van der Waals surface area contributed by atoms with Crippen molar-refractivity contribution < 1.29 is 0 Å². The summed E-state index contributed by atoms with van der Waals surface area (Å²) in [5.41, 5.74) is 1.29. The molecule has 52 valence electrons. The van der Waals surface area contributed by atoms with Gasteiger partial charge in [-0.05, 0) is 32.2 Å². The van der Waals surface area contributed by atoms with Crippen LogP contribution >= 0.6 is 45.2 Å². The van der Waals surface area contributed by atoms with Gasteiger partial charge in [0.05, 0.1) is 0 Å². The van der Waals surface area contributed by atoms with Crippen LogP contribution in [0.2, 0.25) is 0 Å². The molecule has 0 bridgehead atoms. The Morgan fingerprint density at radius 3 is 2.30 bits per heavy atom. The predicted octanol–water partition coefficient (Wildman–Crippen LogP) is 3.86. The zero-order valence-electron chi connectivity index (χ0n) is 5.22. The van der Waals surface area contributed by atoms with E-state index in [4.69, 9.17) is 0 Å². The van der Waals surface area contributed by atoms with Crippen LogP contribution in [0.25, 0.3) is 3.58 Å². The fourth-order valence-corrected chi connectivity index (χ4v) is 1.38. The molecule has 0 unspecified atom stereocenters. The monoisotopic (exact) mass is 356 g/mol. The lowest BCUT2D eigenvalue weighted by Gasteiger charge is -1.94. The van der Waals surface area contributed by atoms with Crippen LogP contribution in [0.3, 0.4) is 0 Å². The number of hydrogen-bond donors (Lipinski definition) is 0. The Kier molecular flexibility index (Phi) is 3.69. The van der Waals surface area contributed by atoms with Crippen molar-refractivity contribution in [2.75, 3.05) is 0 Å². The lowest BCUT2D eigenvalue weighted by molar-refractivity contribution is 1.66.